The standard InChI is InChI=1S/C20H23NO4/c1-12(2)17-11-16(25-19(17)13(3)4)8-9-18(22)21-15-7-5-6-14(10-15)20(23)24/h5-13H,1-4H3,(H,21,22)(H,23,24)/b9-8+. The van der Waals surface area contributed by atoms with E-state index in [2.05, 4.69) is 33.0 Å². The van der Waals surface area contributed by atoms with Gasteiger partial charge in [-0.25, -0.2) is 4.79 Å². The fourth-order valence-corrected chi connectivity index (χ4v) is 2.50. The van der Waals surface area contributed by atoms with Crippen molar-refractivity contribution < 1.29 is 19.1 Å². The summed E-state index contributed by atoms with van der Waals surface area (Å²) in [4.78, 5) is 23.0. The second kappa shape index (κ2) is 7.83. The number of rotatable bonds is 6. The molecule has 0 unspecified atom stereocenters. The van der Waals surface area contributed by atoms with E-state index in [4.69, 9.17) is 9.52 Å². The van der Waals surface area contributed by atoms with Gasteiger partial charge in [-0.05, 0) is 41.8 Å². The Morgan fingerprint density at radius 1 is 1.12 bits per heavy atom. The van der Waals surface area contributed by atoms with E-state index in [1.807, 2.05) is 6.07 Å². The predicted octanol–water partition coefficient (Wildman–Crippen LogP) is 4.88. The number of carbonyl (C=O) groups excluding carboxylic acids is 1. The van der Waals surface area contributed by atoms with Crippen LogP contribution in [0.3, 0.4) is 0 Å². The van der Waals surface area contributed by atoms with Gasteiger partial charge in [0.2, 0.25) is 5.91 Å². The summed E-state index contributed by atoms with van der Waals surface area (Å²) in [5.41, 5.74) is 1.69. The highest BCUT2D eigenvalue weighted by atomic mass is 16.4. The Morgan fingerprint density at radius 2 is 1.84 bits per heavy atom. The number of aromatic carboxylic acids is 1. The molecule has 5 nitrogen and oxygen atoms in total. The van der Waals surface area contributed by atoms with Gasteiger partial charge in [0.05, 0.1) is 5.56 Å². The van der Waals surface area contributed by atoms with Crippen molar-refractivity contribution in [2.45, 2.75) is 39.5 Å². The highest BCUT2D eigenvalue weighted by Gasteiger charge is 2.15. The van der Waals surface area contributed by atoms with Crippen molar-refractivity contribution in [3.05, 3.63) is 59.1 Å². The number of nitrogens with one attached hydrogen (secondary N) is 1. The van der Waals surface area contributed by atoms with Gasteiger partial charge in [-0.1, -0.05) is 33.8 Å². The van der Waals surface area contributed by atoms with E-state index >= 15 is 0 Å². The van der Waals surface area contributed by atoms with Gasteiger partial charge in [0, 0.05) is 17.7 Å². The van der Waals surface area contributed by atoms with Crippen LogP contribution in [0.2, 0.25) is 0 Å². The molecule has 0 aliphatic carbocycles. The number of benzene rings is 1. The lowest BCUT2D eigenvalue weighted by Gasteiger charge is -2.07. The summed E-state index contributed by atoms with van der Waals surface area (Å²) in [6.45, 7) is 8.35. The second-order valence-corrected chi connectivity index (χ2v) is 6.49. The molecule has 0 saturated carbocycles. The van der Waals surface area contributed by atoms with Crippen LogP contribution in [-0.4, -0.2) is 17.0 Å². The number of carboxylic acid groups (broad SMARTS) is 1. The molecule has 132 valence electrons. The fraction of sp³-hybridized carbons (Fsp3) is 0.300. The van der Waals surface area contributed by atoms with E-state index in [0.29, 0.717) is 17.4 Å². The van der Waals surface area contributed by atoms with E-state index in [1.54, 1.807) is 18.2 Å². The first-order valence-corrected chi connectivity index (χ1v) is 8.24. The first-order chi connectivity index (χ1) is 11.8. The molecule has 1 heterocycles. The van der Waals surface area contributed by atoms with Gasteiger partial charge in [-0.15, -0.1) is 0 Å². The third-order valence-electron chi connectivity index (χ3n) is 3.73. The molecule has 0 saturated heterocycles. The molecule has 0 fully saturated rings. The smallest absolute Gasteiger partial charge is 0.335 e. The first kappa shape index (κ1) is 18.5. The van der Waals surface area contributed by atoms with Crippen LogP contribution in [0.1, 0.15) is 67.0 Å². The molecular weight excluding hydrogens is 318 g/mol. The maximum absolute atomic E-state index is 12.0. The van der Waals surface area contributed by atoms with Gasteiger partial charge in [0.25, 0.3) is 0 Å². The zero-order valence-electron chi connectivity index (χ0n) is 14.9. The monoisotopic (exact) mass is 341 g/mol. The van der Waals surface area contributed by atoms with Crippen molar-refractivity contribution in [3.63, 3.8) is 0 Å². The lowest BCUT2D eigenvalue weighted by Crippen LogP contribution is -2.08. The predicted molar refractivity (Wildman–Crippen MR) is 98.0 cm³/mol. The summed E-state index contributed by atoms with van der Waals surface area (Å²) >= 11 is 0. The zero-order valence-corrected chi connectivity index (χ0v) is 14.9. The molecule has 2 rings (SSSR count). The van der Waals surface area contributed by atoms with Gasteiger partial charge >= 0.3 is 5.97 Å². The van der Waals surface area contributed by atoms with Gasteiger partial charge in [0.1, 0.15) is 11.5 Å². The van der Waals surface area contributed by atoms with Crippen molar-refractivity contribution in [2.24, 2.45) is 0 Å². The van der Waals surface area contributed by atoms with E-state index in [9.17, 15) is 9.59 Å². The number of anilines is 1. The Kier molecular flexibility index (Phi) is 5.80. The van der Waals surface area contributed by atoms with Gasteiger partial charge < -0.3 is 14.8 Å². The van der Waals surface area contributed by atoms with Gasteiger partial charge in [-0.3, -0.25) is 4.79 Å². The van der Waals surface area contributed by atoms with Crippen molar-refractivity contribution in [1.82, 2.24) is 0 Å². The lowest BCUT2D eigenvalue weighted by molar-refractivity contribution is -0.111. The molecule has 25 heavy (non-hydrogen) atoms. The van der Waals surface area contributed by atoms with Gasteiger partial charge in [-0.2, -0.15) is 0 Å². The zero-order chi connectivity index (χ0) is 18.6. The number of carbonyl (C=O) groups is 2. The lowest BCUT2D eigenvalue weighted by atomic mass is 9.98. The summed E-state index contributed by atoms with van der Waals surface area (Å²) in [7, 11) is 0. The first-order valence-electron chi connectivity index (χ1n) is 8.24. The molecule has 2 aromatic rings. The normalized spacial score (nSPS) is 11.4. The van der Waals surface area contributed by atoms with Crippen molar-refractivity contribution in [3.8, 4) is 0 Å². The molecule has 0 radical (unpaired) electrons. The summed E-state index contributed by atoms with van der Waals surface area (Å²) in [5, 5.41) is 11.6. The average Bonchev–Trinajstić information content (AvgIpc) is 2.98. The number of amides is 1. The van der Waals surface area contributed by atoms with E-state index in [0.717, 1.165) is 11.3 Å². The van der Waals surface area contributed by atoms with Crippen LogP contribution in [0.15, 0.2) is 40.8 Å². The maximum Gasteiger partial charge on any atom is 0.335 e. The van der Waals surface area contributed by atoms with Crippen LogP contribution in [0, 0.1) is 0 Å². The van der Waals surface area contributed by atoms with E-state index in [1.165, 1.54) is 18.2 Å². The van der Waals surface area contributed by atoms with Crippen LogP contribution in [-0.2, 0) is 4.79 Å². The molecule has 0 atom stereocenters. The summed E-state index contributed by atoms with van der Waals surface area (Å²) in [6, 6.07) is 8.05. The number of hydrogen-bond donors (Lipinski definition) is 2. The third kappa shape index (κ3) is 4.83. The minimum absolute atomic E-state index is 0.121. The molecule has 0 aliphatic rings. The molecular formula is C20H23NO4. The van der Waals surface area contributed by atoms with E-state index < -0.39 is 5.97 Å². The highest BCUT2D eigenvalue weighted by molar-refractivity contribution is 6.02. The Bertz CT molecular complexity index is 774. The topological polar surface area (TPSA) is 79.5 Å². The third-order valence-corrected chi connectivity index (χ3v) is 3.73. The minimum atomic E-state index is -1.04. The SMILES string of the molecule is CC(C)c1cc(/C=C/C(=O)Nc2cccc(C(=O)O)c2)oc1C(C)C. The van der Waals surface area contributed by atoms with Crippen molar-refractivity contribution >= 4 is 23.6 Å². The summed E-state index contributed by atoms with van der Waals surface area (Å²) in [5.74, 6) is 0.787. The van der Waals surface area contributed by atoms with Crippen LogP contribution < -0.4 is 5.32 Å². The average molecular weight is 341 g/mol. The highest BCUT2D eigenvalue weighted by Crippen LogP contribution is 2.30. The maximum atomic E-state index is 12.0. The van der Waals surface area contributed by atoms with Crippen LogP contribution in [0.4, 0.5) is 5.69 Å². The summed E-state index contributed by atoms with van der Waals surface area (Å²) in [6.07, 6.45) is 2.99. The molecule has 2 N–H and O–H groups in total. The molecule has 5 heteroatoms. The van der Waals surface area contributed by atoms with Gasteiger partial charge in [0.15, 0.2) is 0 Å². The van der Waals surface area contributed by atoms with Crippen LogP contribution in [0.25, 0.3) is 6.08 Å². The molecule has 0 aliphatic heterocycles. The Morgan fingerprint density at radius 3 is 2.40 bits per heavy atom. The quantitative estimate of drug-likeness (QED) is 0.734. The largest absolute Gasteiger partial charge is 0.478 e. The second-order valence-electron chi connectivity index (χ2n) is 6.49. The van der Waals surface area contributed by atoms with Crippen molar-refractivity contribution in [1.29, 1.82) is 0 Å². The molecule has 1 aromatic heterocycles. The Balaban J connectivity index is 2.11. The minimum Gasteiger partial charge on any atom is -0.478 e. The van der Waals surface area contributed by atoms with E-state index in [-0.39, 0.29) is 17.4 Å². The molecule has 1 amide bonds. The number of furan rings is 1. The molecule has 0 bridgehead atoms. The van der Waals surface area contributed by atoms with Crippen LogP contribution in [0.5, 0.6) is 0 Å². The van der Waals surface area contributed by atoms with Crippen molar-refractivity contribution in [2.75, 3.05) is 5.32 Å². The Labute approximate surface area is 147 Å². The fourth-order valence-electron chi connectivity index (χ4n) is 2.50. The number of carboxylic acids is 1. The Hall–Kier alpha value is -2.82. The summed E-state index contributed by atoms with van der Waals surface area (Å²) < 4.78 is 5.84. The van der Waals surface area contributed by atoms with Crippen LogP contribution >= 0.6 is 0 Å². The molecule has 0 spiro atoms. The number of hydrogen-bond acceptors (Lipinski definition) is 3. The molecule has 1 aromatic carbocycles.